The Hall–Kier alpha value is -1.52. The summed E-state index contributed by atoms with van der Waals surface area (Å²) in [7, 11) is 0. The van der Waals surface area contributed by atoms with Crippen molar-refractivity contribution in [1.29, 1.82) is 0 Å². The summed E-state index contributed by atoms with van der Waals surface area (Å²) in [5, 5.41) is 0.0378. The fraction of sp³-hybridized carbons (Fsp3) is 0.227. The summed E-state index contributed by atoms with van der Waals surface area (Å²) < 4.78 is 43.7. The van der Waals surface area contributed by atoms with Crippen molar-refractivity contribution in [2.75, 3.05) is 17.8 Å². The third-order valence-electron chi connectivity index (χ3n) is 4.62. The standard InChI is InChI=1S/C22H19ClF3N3S3/c23-19-13-15(22(24,25)26)3-9-20(19)31-28-21-10-8-18(14-27-21)30-16-4-6-17(7-5-16)32-29-11-1-2-12-29/h3-10,13-14H,1-2,11-12H2,(H,27,28). The van der Waals surface area contributed by atoms with Crippen LogP contribution in [-0.2, 0) is 6.18 Å². The number of nitrogens with zero attached hydrogens (tertiary/aromatic N) is 2. The first-order valence-corrected chi connectivity index (χ1v) is 12.6. The summed E-state index contributed by atoms with van der Waals surface area (Å²) in [4.78, 5) is 8.23. The lowest BCUT2D eigenvalue weighted by atomic mass is 10.2. The highest BCUT2D eigenvalue weighted by molar-refractivity contribution is 8.00. The number of benzene rings is 2. The summed E-state index contributed by atoms with van der Waals surface area (Å²) >= 11 is 10.5. The number of hydrogen-bond donors (Lipinski definition) is 1. The molecule has 32 heavy (non-hydrogen) atoms. The van der Waals surface area contributed by atoms with Crippen molar-refractivity contribution < 1.29 is 13.2 Å². The van der Waals surface area contributed by atoms with Crippen LogP contribution in [0.3, 0.4) is 0 Å². The molecule has 4 rings (SSSR count). The van der Waals surface area contributed by atoms with Crippen molar-refractivity contribution in [2.45, 2.75) is 38.6 Å². The van der Waals surface area contributed by atoms with Gasteiger partial charge in [-0.15, -0.1) is 0 Å². The first-order valence-electron chi connectivity index (χ1n) is 9.83. The van der Waals surface area contributed by atoms with Gasteiger partial charge in [-0.2, -0.15) is 13.2 Å². The molecule has 0 saturated carbocycles. The van der Waals surface area contributed by atoms with E-state index in [-0.39, 0.29) is 5.02 Å². The summed E-state index contributed by atoms with van der Waals surface area (Å²) in [5.74, 6) is 0.590. The average Bonchev–Trinajstić information content (AvgIpc) is 3.28. The number of nitrogens with one attached hydrogen (secondary N) is 1. The van der Waals surface area contributed by atoms with Gasteiger partial charge >= 0.3 is 6.18 Å². The van der Waals surface area contributed by atoms with E-state index < -0.39 is 11.7 Å². The Bertz CT molecular complexity index is 1040. The maximum atomic E-state index is 12.8. The second kappa shape index (κ2) is 10.6. The highest BCUT2D eigenvalue weighted by Crippen LogP contribution is 2.36. The molecular formula is C22H19ClF3N3S3. The molecule has 0 unspecified atom stereocenters. The summed E-state index contributed by atoms with van der Waals surface area (Å²) in [6, 6.07) is 15.5. The van der Waals surface area contributed by atoms with E-state index in [1.807, 2.05) is 24.1 Å². The molecule has 3 aromatic rings. The quantitative estimate of drug-likeness (QED) is 0.321. The minimum absolute atomic E-state index is 0.0378. The second-order valence-corrected chi connectivity index (χ2v) is 10.6. The Labute approximate surface area is 202 Å². The van der Waals surface area contributed by atoms with Gasteiger partial charge in [-0.3, -0.25) is 0 Å². The average molecular weight is 514 g/mol. The molecule has 0 amide bonds. The number of pyridine rings is 1. The van der Waals surface area contributed by atoms with Gasteiger partial charge < -0.3 is 4.72 Å². The van der Waals surface area contributed by atoms with Crippen LogP contribution in [0.1, 0.15) is 18.4 Å². The zero-order valence-corrected chi connectivity index (χ0v) is 19.9. The van der Waals surface area contributed by atoms with Gasteiger partial charge in [0, 0.05) is 38.9 Å². The van der Waals surface area contributed by atoms with E-state index in [0.29, 0.717) is 10.7 Å². The van der Waals surface area contributed by atoms with Crippen LogP contribution in [0.2, 0.25) is 5.02 Å². The molecular weight excluding hydrogens is 495 g/mol. The van der Waals surface area contributed by atoms with Gasteiger partial charge in [-0.05, 0) is 91.3 Å². The SMILES string of the molecule is FC(F)(F)c1ccc(SNc2ccc(Sc3ccc(SN4CCCC4)cc3)cn2)c(Cl)c1. The zero-order chi connectivity index (χ0) is 22.6. The monoisotopic (exact) mass is 513 g/mol. The third kappa shape index (κ3) is 6.51. The Balaban J connectivity index is 1.30. The number of rotatable bonds is 7. The van der Waals surface area contributed by atoms with Crippen molar-refractivity contribution in [3.8, 4) is 0 Å². The molecule has 1 saturated heterocycles. The van der Waals surface area contributed by atoms with Gasteiger partial charge in [0.25, 0.3) is 0 Å². The summed E-state index contributed by atoms with van der Waals surface area (Å²) in [6.07, 6.45) is -0.111. The van der Waals surface area contributed by atoms with E-state index in [1.165, 1.54) is 23.8 Å². The molecule has 2 heterocycles. The predicted octanol–water partition coefficient (Wildman–Crippen LogP) is 8.13. The minimum atomic E-state index is -4.41. The Kier molecular flexibility index (Phi) is 7.83. The molecule has 0 atom stereocenters. The molecule has 1 fully saturated rings. The molecule has 0 bridgehead atoms. The van der Waals surface area contributed by atoms with Crippen LogP contribution in [0.25, 0.3) is 0 Å². The predicted molar refractivity (Wildman–Crippen MR) is 127 cm³/mol. The van der Waals surface area contributed by atoms with E-state index in [9.17, 15) is 13.2 Å². The topological polar surface area (TPSA) is 28.2 Å². The van der Waals surface area contributed by atoms with E-state index in [0.717, 1.165) is 47.0 Å². The second-order valence-electron chi connectivity index (χ2n) is 7.03. The number of hydrogen-bond acceptors (Lipinski definition) is 6. The normalized spacial score (nSPS) is 14.6. The third-order valence-corrected chi connectivity index (χ3v) is 8.02. The lowest BCUT2D eigenvalue weighted by Crippen LogP contribution is -2.08. The van der Waals surface area contributed by atoms with Gasteiger partial charge in [0.2, 0.25) is 0 Å². The first-order chi connectivity index (χ1) is 15.4. The van der Waals surface area contributed by atoms with Crippen LogP contribution in [0.15, 0.2) is 80.4 Å². The molecule has 0 aliphatic carbocycles. The fourth-order valence-electron chi connectivity index (χ4n) is 3.00. The molecule has 0 spiro atoms. The molecule has 10 heteroatoms. The maximum Gasteiger partial charge on any atom is 0.416 e. The Morgan fingerprint density at radius 2 is 1.59 bits per heavy atom. The van der Waals surface area contributed by atoms with Crippen LogP contribution in [0.5, 0.6) is 0 Å². The molecule has 168 valence electrons. The van der Waals surface area contributed by atoms with Gasteiger partial charge in [0.1, 0.15) is 5.82 Å². The molecule has 1 N–H and O–H groups in total. The number of aromatic nitrogens is 1. The van der Waals surface area contributed by atoms with Crippen LogP contribution in [0.4, 0.5) is 19.0 Å². The summed E-state index contributed by atoms with van der Waals surface area (Å²) in [5.41, 5.74) is -0.769. The highest BCUT2D eigenvalue weighted by Gasteiger charge is 2.30. The van der Waals surface area contributed by atoms with Crippen molar-refractivity contribution >= 4 is 53.1 Å². The van der Waals surface area contributed by atoms with Gasteiger partial charge in [0.05, 0.1) is 10.6 Å². The number of anilines is 1. The van der Waals surface area contributed by atoms with Crippen LogP contribution < -0.4 is 4.72 Å². The molecule has 1 aliphatic heterocycles. The first kappa shape index (κ1) is 23.6. The van der Waals surface area contributed by atoms with Gasteiger partial charge in [0.15, 0.2) is 0 Å². The van der Waals surface area contributed by atoms with E-state index in [4.69, 9.17) is 11.6 Å². The smallest absolute Gasteiger partial charge is 0.310 e. The molecule has 0 radical (unpaired) electrons. The van der Waals surface area contributed by atoms with Gasteiger partial charge in [-0.1, -0.05) is 23.4 Å². The zero-order valence-electron chi connectivity index (χ0n) is 16.7. The van der Waals surface area contributed by atoms with Crippen molar-refractivity contribution in [2.24, 2.45) is 0 Å². The lowest BCUT2D eigenvalue weighted by molar-refractivity contribution is -0.137. The van der Waals surface area contributed by atoms with Crippen molar-refractivity contribution in [1.82, 2.24) is 9.29 Å². The van der Waals surface area contributed by atoms with Crippen molar-refractivity contribution in [3.05, 3.63) is 71.4 Å². The van der Waals surface area contributed by atoms with Crippen LogP contribution in [-0.4, -0.2) is 22.4 Å². The number of halogens is 4. The molecule has 1 aliphatic rings. The highest BCUT2D eigenvalue weighted by atomic mass is 35.5. The fourth-order valence-corrected chi connectivity index (χ4v) is 5.71. The lowest BCUT2D eigenvalue weighted by Gasteiger charge is -2.13. The Morgan fingerprint density at radius 3 is 2.22 bits per heavy atom. The minimum Gasteiger partial charge on any atom is -0.310 e. The summed E-state index contributed by atoms with van der Waals surface area (Å²) in [6.45, 7) is 2.30. The largest absolute Gasteiger partial charge is 0.416 e. The maximum absolute atomic E-state index is 12.8. The van der Waals surface area contributed by atoms with Crippen molar-refractivity contribution in [3.63, 3.8) is 0 Å². The van der Waals surface area contributed by atoms with E-state index in [1.54, 1.807) is 18.0 Å². The van der Waals surface area contributed by atoms with E-state index in [2.05, 4.69) is 38.3 Å². The molecule has 2 aromatic carbocycles. The van der Waals surface area contributed by atoms with Crippen LogP contribution in [0, 0.1) is 0 Å². The molecule has 1 aromatic heterocycles. The molecule has 3 nitrogen and oxygen atoms in total. The van der Waals surface area contributed by atoms with Gasteiger partial charge in [-0.25, -0.2) is 9.29 Å². The Morgan fingerprint density at radius 1 is 0.906 bits per heavy atom. The number of alkyl halides is 3. The van der Waals surface area contributed by atoms with E-state index >= 15 is 0 Å². The van der Waals surface area contributed by atoms with Crippen LogP contribution >= 0.6 is 47.3 Å².